The highest BCUT2D eigenvalue weighted by molar-refractivity contribution is 6.10. The summed E-state index contributed by atoms with van der Waals surface area (Å²) in [6.45, 7) is 32.7. The molecule has 7 aromatic carbocycles. The van der Waals surface area contributed by atoms with Crippen LogP contribution in [0.3, 0.4) is 0 Å². The van der Waals surface area contributed by atoms with Crippen LogP contribution >= 0.6 is 0 Å². The van der Waals surface area contributed by atoms with Crippen molar-refractivity contribution in [3.63, 3.8) is 0 Å². The standard InChI is InChI=1S/C67H72N4O/c1-63(2,3)47-25-29-58-57(38-47)56-28-27-54(42-60(56)71(58)62-40-48(31-32-68-62)64(4,5)6)72-55-37-51(66(10,11)12)36-53(41-55)70-43-69(52-34-45(44-21-17-15-18-22-44)33-50(35-52)65(7,8)9)59-30-26-49(39-61(59)70)67(13,14)46-23-19-16-20-24-46/h15-42H,43H2,1-14H3. The molecule has 0 bridgehead atoms. The molecule has 5 heteroatoms. The Morgan fingerprint density at radius 2 is 0.986 bits per heavy atom. The zero-order valence-corrected chi connectivity index (χ0v) is 45.1. The van der Waals surface area contributed by atoms with Gasteiger partial charge in [-0.1, -0.05) is 176 Å². The van der Waals surface area contributed by atoms with Gasteiger partial charge < -0.3 is 14.5 Å². The van der Waals surface area contributed by atoms with E-state index in [1.165, 1.54) is 72.3 Å². The molecule has 0 unspecified atom stereocenters. The summed E-state index contributed by atoms with van der Waals surface area (Å²) >= 11 is 0. The number of anilines is 4. The van der Waals surface area contributed by atoms with Crippen molar-refractivity contribution in [1.29, 1.82) is 0 Å². The summed E-state index contributed by atoms with van der Waals surface area (Å²) in [4.78, 5) is 10.0. The zero-order chi connectivity index (χ0) is 51.1. The van der Waals surface area contributed by atoms with E-state index < -0.39 is 0 Å². The van der Waals surface area contributed by atoms with Crippen molar-refractivity contribution >= 4 is 44.6 Å². The monoisotopic (exact) mass is 949 g/mol. The van der Waals surface area contributed by atoms with Crippen LogP contribution in [0.25, 0.3) is 38.8 Å². The Kier molecular flexibility index (Phi) is 11.8. The van der Waals surface area contributed by atoms with Crippen LogP contribution in [0.1, 0.15) is 130 Å². The molecule has 0 radical (unpaired) electrons. The quantitative estimate of drug-likeness (QED) is 0.152. The molecule has 0 spiro atoms. The summed E-state index contributed by atoms with van der Waals surface area (Å²) in [6, 6.07) is 60.6. The molecule has 3 heterocycles. The average molecular weight is 949 g/mol. The van der Waals surface area contributed by atoms with Crippen molar-refractivity contribution in [2.24, 2.45) is 0 Å². The molecule has 0 atom stereocenters. The minimum Gasteiger partial charge on any atom is -0.457 e. The molecule has 10 rings (SSSR count). The Bertz CT molecular complexity index is 3480. The molecule has 2 aromatic heterocycles. The van der Waals surface area contributed by atoms with E-state index in [2.05, 4.69) is 275 Å². The van der Waals surface area contributed by atoms with Gasteiger partial charge in [0.15, 0.2) is 0 Å². The predicted molar refractivity (Wildman–Crippen MR) is 306 cm³/mol. The lowest BCUT2D eigenvalue weighted by atomic mass is 9.78. The third-order valence-electron chi connectivity index (χ3n) is 15.0. The summed E-state index contributed by atoms with van der Waals surface area (Å²) in [5, 5.41) is 2.38. The Balaban J connectivity index is 1.12. The molecule has 0 amide bonds. The van der Waals surface area contributed by atoms with E-state index in [4.69, 9.17) is 9.72 Å². The summed E-state index contributed by atoms with van der Waals surface area (Å²) in [5.41, 5.74) is 16.3. The first-order chi connectivity index (χ1) is 33.9. The number of pyridine rings is 1. The molecule has 0 saturated heterocycles. The lowest BCUT2D eigenvalue weighted by Gasteiger charge is -2.28. The maximum absolute atomic E-state index is 7.14. The lowest BCUT2D eigenvalue weighted by Crippen LogP contribution is -2.25. The number of fused-ring (bicyclic) bond motifs is 4. The fourth-order valence-electron chi connectivity index (χ4n) is 10.3. The number of aromatic nitrogens is 2. The van der Waals surface area contributed by atoms with Gasteiger partial charge >= 0.3 is 0 Å². The molecule has 5 nitrogen and oxygen atoms in total. The van der Waals surface area contributed by atoms with Crippen molar-refractivity contribution in [2.45, 2.75) is 124 Å². The maximum atomic E-state index is 7.14. The number of hydrogen-bond donors (Lipinski definition) is 0. The van der Waals surface area contributed by atoms with E-state index in [0.717, 1.165) is 34.0 Å². The number of nitrogens with zero attached hydrogens (tertiary/aromatic N) is 4. The molecule has 9 aromatic rings. The van der Waals surface area contributed by atoms with Crippen LogP contribution in [0.15, 0.2) is 170 Å². The fraction of sp³-hybridized carbons (Fsp3) is 0.299. The van der Waals surface area contributed by atoms with E-state index in [1.54, 1.807) is 0 Å². The summed E-state index contributed by atoms with van der Waals surface area (Å²) in [6.07, 6.45) is 1.95. The van der Waals surface area contributed by atoms with Crippen molar-refractivity contribution in [2.75, 3.05) is 16.5 Å². The molecular weight excluding hydrogens is 877 g/mol. The molecular formula is C67H72N4O. The van der Waals surface area contributed by atoms with E-state index >= 15 is 0 Å². The molecule has 0 saturated carbocycles. The van der Waals surface area contributed by atoms with Crippen LogP contribution in [-0.4, -0.2) is 16.2 Å². The van der Waals surface area contributed by atoms with Gasteiger partial charge in [0, 0.05) is 45.9 Å². The maximum Gasteiger partial charge on any atom is 0.137 e. The van der Waals surface area contributed by atoms with Crippen molar-refractivity contribution in [3.8, 4) is 28.4 Å². The first-order valence-electron chi connectivity index (χ1n) is 25.8. The van der Waals surface area contributed by atoms with Crippen LogP contribution in [-0.2, 0) is 27.1 Å². The Labute approximate surface area is 429 Å². The first-order valence-corrected chi connectivity index (χ1v) is 25.8. The third kappa shape index (κ3) is 9.19. The van der Waals surface area contributed by atoms with Gasteiger partial charge in [0.25, 0.3) is 0 Å². The summed E-state index contributed by atoms with van der Waals surface area (Å²) in [7, 11) is 0. The second kappa shape index (κ2) is 17.6. The molecule has 0 N–H and O–H groups in total. The van der Waals surface area contributed by atoms with E-state index in [-0.39, 0.29) is 27.1 Å². The van der Waals surface area contributed by atoms with Gasteiger partial charge in [0.05, 0.1) is 22.4 Å². The Hall–Kier alpha value is -7.11. The molecule has 1 aliphatic rings. The normalized spacial score (nSPS) is 13.6. The van der Waals surface area contributed by atoms with Gasteiger partial charge in [0.1, 0.15) is 24.0 Å². The Morgan fingerprint density at radius 3 is 1.65 bits per heavy atom. The third-order valence-corrected chi connectivity index (χ3v) is 15.0. The number of hydrogen-bond acceptors (Lipinski definition) is 4. The second-order valence-electron chi connectivity index (χ2n) is 24.8. The van der Waals surface area contributed by atoms with E-state index in [9.17, 15) is 0 Å². The van der Waals surface area contributed by atoms with Crippen LogP contribution in [0.2, 0.25) is 0 Å². The zero-order valence-electron chi connectivity index (χ0n) is 45.1. The minimum absolute atomic E-state index is 0.0000359. The van der Waals surface area contributed by atoms with Gasteiger partial charge in [0.2, 0.25) is 0 Å². The summed E-state index contributed by atoms with van der Waals surface area (Å²) in [5.74, 6) is 2.47. The van der Waals surface area contributed by atoms with E-state index in [0.29, 0.717) is 6.67 Å². The van der Waals surface area contributed by atoms with Gasteiger partial charge in [-0.25, -0.2) is 4.98 Å². The van der Waals surface area contributed by atoms with Crippen molar-refractivity contribution in [1.82, 2.24) is 9.55 Å². The van der Waals surface area contributed by atoms with Crippen LogP contribution < -0.4 is 14.5 Å². The number of rotatable bonds is 8. The molecule has 72 heavy (non-hydrogen) atoms. The molecule has 366 valence electrons. The van der Waals surface area contributed by atoms with Gasteiger partial charge in [-0.3, -0.25) is 4.57 Å². The SMILES string of the molecule is CC(C)(C)c1cc(Oc2ccc3c4cc(C(C)(C)C)ccc4n(-c4cc(C(C)(C)C)ccn4)c3c2)cc(N2CN(c3cc(-c4ccccc4)cc(C(C)(C)C)c3)c3ccc(C(C)(C)c4ccccc4)cc32)c1. The van der Waals surface area contributed by atoms with Crippen molar-refractivity contribution < 1.29 is 4.74 Å². The predicted octanol–water partition coefficient (Wildman–Crippen LogP) is 18.4. The smallest absolute Gasteiger partial charge is 0.137 e. The van der Waals surface area contributed by atoms with Gasteiger partial charge in [-0.2, -0.15) is 0 Å². The van der Waals surface area contributed by atoms with Crippen LogP contribution in [0, 0.1) is 0 Å². The number of benzene rings is 7. The fourth-order valence-corrected chi connectivity index (χ4v) is 10.3. The topological polar surface area (TPSA) is 33.5 Å². The Morgan fingerprint density at radius 1 is 0.389 bits per heavy atom. The highest BCUT2D eigenvalue weighted by Gasteiger charge is 2.34. The largest absolute Gasteiger partial charge is 0.457 e. The minimum atomic E-state index is -0.234. The van der Waals surface area contributed by atoms with Crippen molar-refractivity contribution in [3.05, 3.63) is 203 Å². The lowest BCUT2D eigenvalue weighted by molar-refractivity contribution is 0.479. The number of ether oxygens (including phenoxy) is 1. The van der Waals surface area contributed by atoms with E-state index in [1.807, 2.05) is 6.20 Å². The molecule has 0 fully saturated rings. The molecule has 1 aliphatic heterocycles. The highest BCUT2D eigenvalue weighted by Crippen LogP contribution is 2.50. The second-order valence-corrected chi connectivity index (χ2v) is 24.8. The first kappa shape index (κ1) is 48.5. The highest BCUT2D eigenvalue weighted by atomic mass is 16.5. The van der Waals surface area contributed by atoms with Crippen LogP contribution in [0.4, 0.5) is 22.7 Å². The van der Waals surface area contributed by atoms with Crippen LogP contribution in [0.5, 0.6) is 11.5 Å². The average Bonchev–Trinajstić information content (AvgIpc) is 3.89. The molecule has 0 aliphatic carbocycles. The van der Waals surface area contributed by atoms with Gasteiger partial charge in [-0.05, 0) is 139 Å². The summed E-state index contributed by atoms with van der Waals surface area (Å²) < 4.78 is 9.46. The van der Waals surface area contributed by atoms with Gasteiger partial charge in [-0.15, -0.1) is 0 Å².